The van der Waals surface area contributed by atoms with Crippen molar-refractivity contribution in [1.29, 1.82) is 0 Å². The first-order valence-corrected chi connectivity index (χ1v) is 11.8. The number of nitro groups is 1. The summed E-state index contributed by atoms with van der Waals surface area (Å²) in [5.74, 6) is 0.531. The third kappa shape index (κ3) is 6.20. The van der Waals surface area contributed by atoms with Gasteiger partial charge in [-0.05, 0) is 62.1 Å². The van der Waals surface area contributed by atoms with Crippen molar-refractivity contribution < 1.29 is 14.5 Å². The second-order valence-corrected chi connectivity index (χ2v) is 8.84. The number of non-ortho nitro benzene ring substituents is 1. The number of nitrogens with zero attached hydrogens (tertiary/aromatic N) is 5. The molecule has 37 heavy (non-hydrogen) atoms. The zero-order valence-electron chi connectivity index (χ0n) is 21.1. The molecule has 0 fully saturated rings. The van der Waals surface area contributed by atoms with Crippen LogP contribution in [0.1, 0.15) is 16.1 Å². The summed E-state index contributed by atoms with van der Waals surface area (Å²) < 4.78 is 6.82. The number of benzene rings is 3. The Labute approximate surface area is 215 Å². The summed E-state index contributed by atoms with van der Waals surface area (Å²) in [4.78, 5) is 28.5. The van der Waals surface area contributed by atoms with Crippen LogP contribution in [0.5, 0.6) is 5.75 Å². The number of rotatable bonds is 10. The first-order valence-electron chi connectivity index (χ1n) is 11.8. The molecule has 1 amide bonds. The van der Waals surface area contributed by atoms with E-state index in [0.29, 0.717) is 42.5 Å². The van der Waals surface area contributed by atoms with Gasteiger partial charge in [-0.15, -0.1) is 0 Å². The zero-order chi connectivity index (χ0) is 26.4. The van der Waals surface area contributed by atoms with Gasteiger partial charge in [-0.3, -0.25) is 14.9 Å². The summed E-state index contributed by atoms with van der Waals surface area (Å²) in [7, 11) is 5.53. The minimum Gasteiger partial charge on any atom is -0.497 e. The Morgan fingerprint density at radius 3 is 2.24 bits per heavy atom. The summed E-state index contributed by atoms with van der Waals surface area (Å²) in [5, 5.41) is 15.9. The van der Waals surface area contributed by atoms with Gasteiger partial charge < -0.3 is 14.5 Å². The average Bonchev–Trinajstić information content (AvgIpc) is 3.37. The first kappa shape index (κ1) is 25.6. The molecule has 0 spiro atoms. The molecule has 0 aliphatic heterocycles. The van der Waals surface area contributed by atoms with E-state index in [-0.39, 0.29) is 11.6 Å². The molecule has 3 aromatic carbocycles. The summed E-state index contributed by atoms with van der Waals surface area (Å²) in [6, 6.07) is 25.0. The molecular formula is C28H29N5O4. The minimum absolute atomic E-state index is 0.0316. The Kier molecular flexibility index (Phi) is 7.95. The quantitative estimate of drug-likeness (QED) is 0.233. The molecule has 0 radical (unpaired) electrons. The molecule has 190 valence electrons. The maximum atomic E-state index is 14.0. The normalized spacial score (nSPS) is 10.9. The predicted octanol–water partition coefficient (Wildman–Crippen LogP) is 4.66. The number of aromatic nitrogens is 2. The molecule has 4 rings (SSSR count). The Hall–Kier alpha value is -4.50. The molecule has 9 heteroatoms. The summed E-state index contributed by atoms with van der Waals surface area (Å²) >= 11 is 0. The van der Waals surface area contributed by atoms with Crippen LogP contribution in [0.4, 0.5) is 5.69 Å². The van der Waals surface area contributed by atoms with E-state index in [4.69, 9.17) is 9.84 Å². The SMILES string of the molecule is COc1ccc(-c2cc(C(=O)N(CCN(C)C)Cc3ccccc3)n(-c3ccc([N+](=O)[O-])cc3)n2)cc1. The average molecular weight is 500 g/mol. The maximum Gasteiger partial charge on any atom is 0.272 e. The van der Waals surface area contributed by atoms with Crippen molar-refractivity contribution in [2.24, 2.45) is 0 Å². The fraction of sp³-hybridized carbons (Fsp3) is 0.214. The number of methoxy groups -OCH3 is 1. The van der Waals surface area contributed by atoms with E-state index in [0.717, 1.165) is 11.1 Å². The highest BCUT2D eigenvalue weighted by Gasteiger charge is 2.24. The topological polar surface area (TPSA) is 93.7 Å². The van der Waals surface area contributed by atoms with Crippen molar-refractivity contribution in [1.82, 2.24) is 19.6 Å². The van der Waals surface area contributed by atoms with Crippen LogP contribution in [0.3, 0.4) is 0 Å². The van der Waals surface area contributed by atoms with Crippen LogP contribution in [-0.4, -0.2) is 64.7 Å². The van der Waals surface area contributed by atoms with E-state index < -0.39 is 4.92 Å². The van der Waals surface area contributed by atoms with E-state index in [2.05, 4.69) is 0 Å². The van der Waals surface area contributed by atoms with Gasteiger partial charge in [-0.1, -0.05) is 30.3 Å². The fourth-order valence-corrected chi connectivity index (χ4v) is 3.89. The molecule has 0 aliphatic carbocycles. The Morgan fingerprint density at radius 1 is 0.973 bits per heavy atom. The molecule has 0 saturated carbocycles. The van der Waals surface area contributed by atoms with Crippen LogP contribution in [0.25, 0.3) is 16.9 Å². The van der Waals surface area contributed by atoms with Gasteiger partial charge in [0, 0.05) is 37.3 Å². The molecule has 1 heterocycles. The van der Waals surface area contributed by atoms with Crippen molar-refractivity contribution in [3.05, 3.63) is 106 Å². The monoisotopic (exact) mass is 499 g/mol. The highest BCUT2D eigenvalue weighted by atomic mass is 16.6. The fourth-order valence-electron chi connectivity index (χ4n) is 3.89. The number of carbonyl (C=O) groups is 1. The van der Waals surface area contributed by atoms with Gasteiger partial charge in [0.2, 0.25) is 0 Å². The predicted molar refractivity (Wildman–Crippen MR) is 142 cm³/mol. The van der Waals surface area contributed by atoms with E-state index >= 15 is 0 Å². The smallest absolute Gasteiger partial charge is 0.272 e. The third-order valence-electron chi connectivity index (χ3n) is 5.94. The molecule has 9 nitrogen and oxygen atoms in total. The molecule has 0 N–H and O–H groups in total. The van der Waals surface area contributed by atoms with Crippen molar-refractivity contribution in [3.8, 4) is 22.7 Å². The first-order chi connectivity index (χ1) is 17.9. The lowest BCUT2D eigenvalue weighted by Gasteiger charge is -2.25. The zero-order valence-corrected chi connectivity index (χ0v) is 21.1. The number of ether oxygens (including phenoxy) is 1. The van der Waals surface area contributed by atoms with Crippen molar-refractivity contribution in [3.63, 3.8) is 0 Å². The van der Waals surface area contributed by atoms with Gasteiger partial charge in [0.15, 0.2) is 0 Å². The number of hydrogen-bond donors (Lipinski definition) is 0. The highest BCUT2D eigenvalue weighted by Crippen LogP contribution is 2.26. The van der Waals surface area contributed by atoms with Gasteiger partial charge in [-0.2, -0.15) is 5.10 Å². The molecule has 0 aliphatic rings. The van der Waals surface area contributed by atoms with E-state index in [9.17, 15) is 14.9 Å². The van der Waals surface area contributed by atoms with E-state index in [1.54, 1.807) is 34.9 Å². The molecule has 1 aromatic heterocycles. The second kappa shape index (κ2) is 11.5. The Balaban J connectivity index is 1.77. The largest absolute Gasteiger partial charge is 0.497 e. The maximum absolute atomic E-state index is 14.0. The highest BCUT2D eigenvalue weighted by molar-refractivity contribution is 5.94. The number of hydrogen-bond acceptors (Lipinski definition) is 6. The standard InChI is InChI=1S/C28H29N5O4/c1-30(2)17-18-31(20-21-7-5-4-6-8-21)28(34)27-19-26(22-9-15-25(37-3)16-10-22)29-32(27)23-11-13-24(14-12-23)33(35)36/h4-16,19H,17-18,20H2,1-3H3. The molecule has 0 saturated heterocycles. The molecule has 0 atom stereocenters. The number of amides is 1. The molecule has 0 bridgehead atoms. The number of nitro benzene ring substituents is 1. The van der Waals surface area contributed by atoms with Crippen molar-refractivity contribution in [2.75, 3.05) is 34.3 Å². The lowest BCUT2D eigenvalue weighted by Crippen LogP contribution is -2.37. The van der Waals surface area contributed by atoms with Crippen LogP contribution < -0.4 is 4.74 Å². The number of likely N-dealkylation sites (N-methyl/N-ethyl adjacent to an activating group) is 1. The molecule has 4 aromatic rings. The molecular weight excluding hydrogens is 470 g/mol. The van der Waals surface area contributed by atoms with Crippen molar-refractivity contribution in [2.45, 2.75) is 6.54 Å². The summed E-state index contributed by atoms with van der Waals surface area (Å²) in [5.41, 5.74) is 3.34. The van der Waals surface area contributed by atoms with Crippen molar-refractivity contribution >= 4 is 11.6 Å². The minimum atomic E-state index is -0.454. The summed E-state index contributed by atoms with van der Waals surface area (Å²) in [6.45, 7) is 1.65. The van der Waals surface area contributed by atoms with Crippen LogP contribution >= 0.6 is 0 Å². The van der Waals surface area contributed by atoms with Crippen LogP contribution in [0.15, 0.2) is 84.9 Å². The Bertz CT molecular complexity index is 1350. The van der Waals surface area contributed by atoms with Gasteiger partial charge >= 0.3 is 0 Å². The van der Waals surface area contributed by atoms with E-state index in [1.807, 2.05) is 73.6 Å². The molecule has 0 unspecified atom stereocenters. The van der Waals surface area contributed by atoms with Crippen LogP contribution in [0, 0.1) is 10.1 Å². The summed E-state index contributed by atoms with van der Waals surface area (Å²) in [6.07, 6.45) is 0. The lowest BCUT2D eigenvalue weighted by atomic mass is 10.1. The number of carbonyl (C=O) groups excluding carboxylic acids is 1. The van der Waals surface area contributed by atoms with Gasteiger partial charge in [0.05, 0.1) is 23.4 Å². The van der Waals surface area contributed by atoms with Gasteiger partial charge in [-0.25, -0.2) is 4.68 Å². The van der Waals surface area contributed by atoms with Crippen LogP contribution in [-0.2, 0) is 6.54 Å². The lowest BCUT2D eigenvalue weighted by molar-refractivity contribution is -0.384. The van der Waals surface area contributed by atoms with Crippen LogP contribution in [0.2, 0.25) is 0 Å². The van der Waals surface area contributed by atoms with E-state index in [1.165, 1.54) is 12.1 Å². The second-order valence-electron chi connectivity index (χ2n) is 8.84. The van der Waals surface area contributed by atoms with Gasteiger partial charge in [0.1, 0.15) is 11.4 Å². The van der Waals surface area contributed by atoms with Gasteiger partial charge in [0.25, 0.3) is 11.6 Å². The third-order valence-corrected chi connectivity index (χ3v) is 5.94. The Morgan fingerprint density at radius 2 is 1.65 bits per heavy atom.